The fraction of sp³-hybridized carbons (Fsp3) is 0.824. The molecule has 0 bridgehead atoms. The molecule has 0 aliphatic carbocycles. The Kier molecular flexibility index (Phi) is 28.7. The van der Waals surface area contributed by atoms with Gasteiger partial charge in [0, 0.05) is 12.8 Å². The number of unbranched alkanes of at least 4 members (excludes halogenated alkanes) is 16. The fourth-order valence-electron chi connectivity index (χ4n) is 4.80. The molecule has 0 aromatic carbocycles. The minimum Gasteiger partial charge on any atom is -0.481 e. The predicted molar refractivity (Wildman–Crippen MR) is 163 cm³/mol. The number of carbonyl (C=O) groups is 2. The van der Waals surface area contributed by atoms with Crippen LogP contribution in [-0.4, -0.2) is 23.1 Å². The maximum absolute atomic E-state index is 12.1. The summed E-state index contributed by atoms with van der Waals surface area (Å²) in [6.45, 7) is 4.33. The first-order valence-electron chi connectivity index (χ1n) is 16.3. The lowest BCUT2D eigenvalue weighted by atomic mass is 10.0. The molecule has 0 aromatic rings. The lowest BCUT2D eigenvalue weighted by molar-refractivity contribution is -0.150. The van der Waals surface area contributed by atoms with Crippen molar-refractivity contribution < 1.29 is 19.4 Å². The molecule has 0 saturated heterocycles. The predicted octanol–water partition coefficient (Wildman–Crippen LogP) is 10.9. The molecule has 0 amide bonds. The molecule has 1 atom stereocenters. The Morgan fingerprint density at radius 1 is 0.579 bits per heavy atom. The Balaban J connectivity index is 3.42. The summed E-state index contributed by atoms with van der Waals surface area (Å²) in [4.78, 5) is 22.8. The van der Waals surface area contributed by atoms with Crippen LogP contribution in [-0.2, 0) is 14.3 Å². The van der Waals surface area contributed by atoms with Gasteiger partial charge in [-0.15, -0.1) is 0 Å². The molecule has 0 spiro atoms. The summed E-state index contributed by atoms with van der Waals surface area (Å²) in [5.74, 6) is -0.901. The molecule has 222 valence electrons. The van der Waals surface area contributed by atoms with E-state index in [1.165, 1.54) is 103 Å². The first kappa shape index (κ1) is 36.4. The molecule has 4 nitrogen and oxygen atoms in total. The van der Waals surface area contributed by atoms with E-state index in [-0.39, 0.29) is 18.5 Å². The van der Waals surface area contributed by atoms with E-state index in [0.29, 0.717) is 19.3 Å². The van der Waals surface area contributed by atoms with Crippen molar-refractivity contribution in [3.05, 3.63) is 24.3 Å². The molecule has 4 heteroatoms. The lowest BCUT2D eigenvalue weighted by Crippen LogP contribution is -2.18. The third-order valence-electron chi connectivity index (χ3n) is 7.16. The van der Waals surface area contributed by atoms with Gasteiger partial charge in [-0.2, -0.15) is 0 Å². The summed E-state index contributed by atoms with van der Waals surface area (Å²) >= 11 is 0. The number of ether oxygens (including phenoxy) is 1. The van der Waals surface area contributed by atoms with E-state index in [4.69, 9.17) is 9.84 Å². The zero-order chi connectivity index (χ0) is 27.9. The summed E-state index contributed by atoms with van der Waals surface area (Å²) in [5.41, 5.74) is 0. The second-order valence-electron chi connectivity index (χ2n) is 11.0. The van der Waals surface area contributed by atoms with Crippen molar-refractivity contribution >= 4 is 11.9 Å². The number of carboxylic acid groups (broad SMARTS) is 1. The van der Waals surface area contributed by atoms with Gasteiger partial charge in [0.2, 0.25) is 0 Å². The van der Waals surface area contributed by atoms with E-state index in [2.05, 4.69) is 38.2 Å². The molecule has 0 heterocycles. The third-order valence-corrected chi connectivity index (χ3v) is 7.16. The van der Waals surface area contributed by atoms with Gasteiger partial charge in [0.1, 0.15) is 6.10 Å². The van der Waals surface area contributed by atoms with Gasteiger partial charge in [0.05, 0.1) is 0 Å². The molecule has 38 heavy (non-hydrogen) atoms. The Morgan fingerprint density at radius 2 is 1.08 bits per heavy atom. The van der Waals surface area contributed by atoms with Crippen LogP contribution in [0.4, 0.5) is 0 Å². The van der Waals surface area contributed by atoms with Crippen LogP contribution >= 0.6 is 0 Å². The van der Waals surface area contributed by atoms with Crippen molar-refractivity contribution in [2.75, 3.05) is 0 Å². The summed E-state index contributed by atoms with van der Waals surface area (Å²) in [7, 11) is 0. The van der Waals surface area contributed by atoms with Crippen LogP contribution in [0.1, 0.15) is 174 Å². The van der Waals surface area contributed by atoms with Gasteiger partial charge in [-0.1, -0.05) is 128 Å². The van der Waals surface area contributed by atoms with E-state index in [1.807, 2.05) is 0 Å². The van der Waals surface area contributed by atoms with Crippen LogP contribution in [0.15, 0.2) is 24.3 Å². The maximum Gasteiger partial charge on any atom is 0.306 e. The molecule has 1 N–H and O–H groups in total. The van der Waals surface area contributed by atoms with Gasteiger partial charge in [0.25, 0.3) is 0 Å². The smallest absolute Gasteiger partial charge is 0.306 e. The van der Waals surface area contributed by atoms with Crippen LogP contribution < -0.4 is 0 Å². The topological polar surface area (TPSA) is 63.6 Å². The van der Waals surface area contributed by atoms with E-state index in [0.717, 1.165) is 32.1 Å². The number of rotatable bonds is 29. The standard InChI is InChI=1S/C34H62O4/c1-3-5-6-7-8-9-10-11-12-13-14-15-16-17-18-19-20-21-22-23-24-25-26-31-34(37)38-32(28-4-2)29-27-30-33(35)36/h10-11,13-14,32H,3-9,12,15-31H2,1-2H3,(H,35,36)/b11-10-,14-13-. The highest BCUT2D eigenvalue weighted by Crippen LogP contribution is 2.15. The molecule has 1 unspecified atom stereocenters. The molecule has 0 radical (unpaired) electrons. The highest BCUT2D eigenvalue weighted by atomic mass is 16.5. The minimum absolute atomic E-state index is 0.116. The third kappa shape index (κ3) is 29.0. The largest absolute Gasteiger partial charge is 0.481 e. The van der Waals surface area contributed by atoms with E-state index < -0.39 is 5.97 Å². The van der Waals surface area contributed by atoms with Crippen molar-refractivity contribution in [3.8, 4) is 0 Å². The van der Waals surface area contributed by atoms with E-state index in [9.17, 15) is 9.59 Å². The monoisotopic (exact) mass is 534 g/mol. The maximum atomic E-state index is 12.1. The number of carbonyl (C=O) groups excluding carboxylic acids is 1. The van der Waals surface area contributed by atoms with Crippen molar-refractivity contribution in [1.29, 1.82) is 0 Å². The van der Waals surface area contributed by atoms with Gasteiger partial charge in [-0.3, -0.25) is 9.59 Å². The van der Waals surface area contributed by atoms with Crippen LogP contribution in [0.2, 0.25) is 0 Å². The minimum atomic E-state index is -0.785. The highest BCUT2D eigenvalue weighted by Gasteiger charge is 2.14. The molecule has 0 rings (SSSR count). The summed E-state index contributed by atoms with van der Waals surface area (Å²) in [5, 5.41) is 8.77. The van der Waals surface area contributed by atoms with Crippen LogP contribution in [0.5, 0.6) is 0 Å². The Morgan fingerprint density at radius 3 is 1.58 bits per heavy atom. The Hall–Kier alpha value is -1.58. The molecular formula is C34H62O4. The van der Waals surface area contributed by atoms with Crippen molar-refractivity contribution in [1.82, 2.24) is 0 Å². The fourth-order valence-corrected chi connectivity index (χ4v) is 4.80. The van der Waals surface area contributed by atoms with Gasteiger partial charge in [-0.25, -0.2) is 0 Å². The van der Waals surface area contributed by atoms with E-state index in [1.54, 1.807) is 0 Å². The number of carboxylic acids is 1. The summed E-state index contributed by atoms with van der Waals surface area (Å²) in [6, 6.07) is 0. The second-order valence-corrected chi connectivity index (χ2v) is 11.0. The SMILES string of the molecule is CCCCCCC/C=C\C/C=C\CCCCCCCCCCCCCC(=O)OC(CCC)CCCC(=O)O. The Bertz CT molecular complexity index is 581. The average Bonchev–Trinajstić information content (AvgIpc) is 2.89. The zero-order valence-electron chi connectivity index (χ0n) is 25.2. The summed E-state index contributed by atoms with van der Waals surface area (Å²) in [6.07, 6.45) is 37.1. The lowest BCUT2D eigenvalue weighted by Gasteiger charge is -2.17. The van der Waals surface area contributed by atoms with Gasteiger partial charge in [0.15, 0.2) is 0 Å². The molecule has 0 aliphatic rings. The number of allylic oxidation sites excluding steroid dienone is 4. The van der Waals surface area contributed by atoms with Crippen LogP contribution in [0.3, 0.4) is 0 Å². The van der Waals surface area contributed by atoms with Crippen molar-refractivity contribution in [2.45, 2.75) is 180 Å². The van der Waals surface area contributed by atoms with Crippen molar-refractivity contribution in [2.24, 2.45) is 0 Å². The molecular weight excluding hydrogens is 472 g/mol. The van der Waals surface area contributed by atoms with Crippen LogP contribution in [0, 0.1) is 0 Å². The first-order chi connectivity index (χ1) is 18.6. The normalized spacial score (nSPS) is 12.5. The molecule has 0 aliphatic heterocycles. The highest BCUT2D eigenvalue weighted by molar-refractivity contribution is 5.69. The quantitative estimate of drug-likeness (QED) is 0.0589. The summed E-state index contributed by atoms with van der Waals surface area (Å²) < 4.78 is 5.58. The Labute approximate surface area is 236 Å². The number of aliphatic carboxylic acids is 1. The first-order valence-corrected chi connectivity index (χ1v) is 16.3. The number of hydrogen-bond acceptors (Lipinski definition) is 3. The zero-order valence-corrected chi connectivity index (χ0v) is 25.2. The van der Waals surface area contributed by atoms with Crippen molar-refractivity contribution in [3.63, 3.8) is 0 Å². The number of esters is 1. The molecule has 0 fully saturated rings. The van der Waals surface area contributed by atoms with E-state index >= 15 is 0 Å². The number of hydrogen-bond donors (Lipinski definition) is 1. The molecule has 0 saturated carbocycles. The van der Waals surface area contributed by atoms with Crippen LogP contribution in [0.25, 0.3) is 0 Å². The van der Waals surface area contributed by atoms with Gasteiger partial charge in [-0.05, 0) is 57.8 Å². The molecule has 0 aromatic heterocycles. The van der Waals surface area contributed by atoms with Gasteiger partial charge >= 0.3 is 11.9 Å². The second kappa shape index (κ2) is 30.0. The van der Waals surface area contributed by atoms with Gasteiger partial charge < -0.3 is 9.84 Å². The average molecular weight is 535 g/mol.